The summed E-state index contributed by atoms with van der Waals surface area (Å²) in [4.78, 5) is -1.27. The molecule has 0 spiro atoms. The Morgan fingerprint density at radius 2 is 1.28 bits per heavy atom. The Balaban J connectivity index is 0.00000267. The van der Waals surface area contributed by atoms with Crippen LogP contribution in [0.2, 0.25) is 0 Å². The summed E-state index contributed by atoms with van der Waals surface area (Å²) in [5.41, 5.74) is 0.734. The average molecular weight is 585 g/mol. The number of hydrogen-bond acceptors (Lipinski definition) is 11. The topological polar surface area (TPSA) is 184 Å². The Morgan fingerprint density at radius 3 is 1.95 bits per heavy atom. The van der Waals surface area contributed by atoms with E-state index in [1.807, 2.05) is 12.1 Å². The minimum absolute atomic E-state index is 0. The molecule has 0 saturated heterocycles. The molecule has 0 unspecified atom stereocenters. The molecule has 0 saturated carbocycles. The summed E-state index contributed by atoms with van der Waals surface area (Å²) < 4.78 is 69.9. The van der Waals surface area contributed by atoms with Gasteiger partial charge in [0, 0.05) is 5.39 Å². The van der Waals surface area contributed by atoms with Gasteiger partial charge in [-0.3, -0.25) is 0 Å². The molecule has 11 nitrogen and oxygen atoms in total. The summed E-state index contributed by atoms with van der Waals surface area (Å²) in [6.45, 7) is 3.16. The van der Waals surface area contributed by atoms with Crippen LogP contribution >= 0.6 is 0 Å². The predicted molar refractivity (Wildman–Crippen MR) is 132 cm³/mol. The molecule has 0 aliphatic heterocycles. The van der Waals surface area contributed by atoms with Crippen LogP contribution in [-0.2, 0) is 20.2 Å². The van der Waals surface area contributed by atoms with E-state index >= 15 is 0 Å². The molecule has 39 heavy (non-hydrogen) atoms. The van der Waals surface area contributed by atoms with Crippen molar-refractivity contribution in [3.05, 3.63) is 77.9 Å². The fourth-order valence-electron chi connectivity index (χ4n) is 3.46. The third kappa shape index (κ3) is 7.79. The van der Waals surface area contributed by atoms with E-state index in [-0.39, 0.29) is 87.6 Å². The first-order chi connectivity index (χ1) is 17.3. The maximum atomic E-state index is 12.0. The summed E-state index contributed by atoms with van der Waals surface area (Å²) in [6, 6.07) is 16.0. The Labute approximate surface area is 269 Å². The maximum absolute atomic E-state index is 12.0. The van der Waals surface area contributed by atoms with Crippen LogP contribution in [0.25, 0.3) is 10.8 Å². The summed E-state index contributed by atoms with van der Waals surface area (Å²) in [6.07, 6.45) is 0. The van der Waals surface area contributed by atoms with Gasteiger partial charge in [-0.25, -0.2) is 16.8 Å². The average Bonchev–Trinajstić information content (AvgIpc) is 2.82. The molecular formula is C24H18N4Na2O7S2. The van der Waals surface area contributed by atoms with E-state index in [0.717, 1.165) is 23.6 Å². The first kappa shape index (κ1) is 33.2. The number of aryl methyl sites for hydroxylation is 2. The molecule has 4 aromatic rings. The van der Waals surface area contributed by atoms with E-state index in [0.29, 0.717) is 16.5 Å². The monoisotopic (exact) mass is 584 g/mol. The van der Waals surface area contributed by atoms with Crippen molar-refractivity contribution in [1.82, 2.24) is 0 Å². The van der Waals surface area contributed by atoms with Crippen LogP contribution in [-0.4, -0.2) is 31.0 Å². The fraction of sp³-hybridized carbons (Fsp3) is 0.0833. The second-order valence-electron chi connectivity index (χ2n) is 8.02. The molecule has 4 aromatic carbocycles. The van der Waals surface area contributed by atoms with Crippen LogP contribution in [0.4, 0.5) is 22.7 Å². The van der Waals surface area contributed by atoms with E-state index in [4.69, 9.17) is 0 Å². The zero-order valence-corrected chi connectivity index (χ0v) is 27.0. The Kier molecular flexibility index (Phi) is 11.1. The summed E-state index contributed by atoms with van der Waals surface area (Å²) in [7, 11) is -9.80. The molecule has 15 heteroatoms. The molecule has 0 aliphatic carbocycles. The van der Waals surface area contributed by atoms with E-state index in [1.165, 1.54) is 18.2 Å². The second kappa shape index (κ2) is 13.1. The van der Waals surface area contributed by atoms with Crippen molar-refractivity contribution in [2.45, 2.75) is 23.6 Å². The second-order valence-corrected chi connectivity index (χ2v) is 10.7. The molecule has 0 atom stereocenters. The molecule has 0 aromatic heterocycles. The Bertz CT molecular complexity index is 1830. The molecule has 0 amide bonds. The minimum Gasteiger partial charge on any atom is -0.744 e. The van der Waals surface area contributed by atoms with Crippen molar-refractivity contribution >= 4 is 53.8 Å². The first-order valence-electron chi connectivity index (χ1n) is 10.6. The van der Waals surface area contributed by atoms with Gasteiger partial charge in [0.05, 0.1) is 21.2 Å². The van der Waals surface area contributed by atoms with Gasteiger partial charge in [0.2, 0.25) is 0 Å². The minimum atomic E-state index is -5.05. The van der Waals surface area contributed by atoms with Gasteiger partial charge in [0.25, 0.3) is 0 Å². The number of fused-ring (bicyclic) bond motifs is 1. The van der Waals surface area contributed by atoms with Gasteiger partial charge in [0.15, 0.2) is 0 Å². The Hall–Kier alpha value is -2.04. The van der Waals surface area contributed by atoms with Crippen molar-refractivity contribution in [3.63, 3.8) is 0 Å². The van der Waals surface area contributed by atoms with Crippen LogP contribution in [0.1, 0.15) is 11.1 Å². The van der Waals surface area contributed by atoms with E-state index in [9.17, 15) is 31.0 Å². The van der Waals surface area contributed by atoms with Gasteiger partial charge in [-0.15, -0.1) is 10.2 Å². The summed E-state index contributed by atoms with van der Waals surface area (Å²) >= 11 is 0. The van der Waals surface area contributed by atoms with Crippen LogP contribution in [0.5, 0.6) is 5.75 Å². The van der Waals surface area contributed by atoms with Crippen molar-refractivity contribution in [2.24, 2.45) is 20.5 Å². The van der Waals surface area contributed by atoms with E-state index in [2.05, 4.69) is 20.5 Å². The number of hydrogen-bond donors (Lipinski definition) is 1. The molecule has 0 bridgehead atoms. The Morgan fingerprint density at radius 1 is 0.667 bits per heavy atom. The molecule has 0 aliphatic rings. The standard InChI is InChI=1S/C24H20N4O7S2.2Na/c1-14-7-9-17(36(30,31)32)12-19(14)25-27-21-11-15(2)20(13-23(21)37(33,34)35)26-28-24-18-6-4-3-5-16(18)8-10-22(24)29;;/h3-13,29H,1-2H3,(H,30,31,32)(H,33,34,35);;/q;2*+1/p-2. The molecule has 1 N–H and O–H groups in total. The van der Waals surface area contributed by atoms with Crippen LogP contribution in [0.15, 0.2) is 97.0 Å². The smallest absolute Gasteiger partial charge is 0.744 e. The van der Waals surface area contributed by atoms with Gasteiger partial charge in [-0.05, 0) is 60.7 Å². The predicted octanol–water partition coefficient (Wildman–Crippen LogP) is -0.191. The van der Waals surface area contributed by atoms with Crippen LogP contribution in [0, 0.1) is 13.8 Å². The number of phenolic OH excluding ortho intramolecular Hbond substituents is 1. The molecule has 0 fully saturated rings. The van der Waals surface area contributed by atoms with Gasteiger partial charge in [0.1, 0.15) is 37.4 Å². The summed E-state index contributed by atoms with van der Waals surface area (Å²) in [5.74, 6) is -0.139. The quantitative estimate of drug-likeness (QED) is 0.185. The largest absolute Gasteiger partial charge is 1.00 e. The molecular weight excluding hydrogens is 566 g/mol. The van der Waals surface area contributed by atoms with E-state index < -0.39 is 30.0 Å². The van der Waals surface area contributed by atoms with Crippen molar-refractivity contribution in [3.8, 4) is 5.75 Å². The van der Waals surface area contributed by atoms with Gasteiger partial charge >= 0.3 is 59.1 Å². The third-order valence-electron chi connectivity index (χ3n) is 5.42. The number of azo groups is 2. The fourth-order valence-corrected chi connectivity index (χ4v) is 4.56. The van der Waals surface area contributed by atoms with Gasteiger partial charge < -0.3 is 14.2 Å². The molecule has 190 valence electrons. The molecule has 4 rings (SSSR count). The molecule has 0 heterocycles. The third-order valence-corrected chi connectivity index (χ3v) is 7.12. The van der Waals surface area contributed by atoms with Crippen molar-refractivity contribution < 1.29 is 90.2 Å². The molecule has 0 radical (unpaired) electrons. The van der Waals surface area contributed by atoms with Crippen LogP contribution in [0.3, 0.4) is 0 Å². The maximum Gasteiger partial charge on any atom is 1.00 e. The zero-order chi connectivity index (χ0) is 27.0. The van der Waals surface area contributed by atoms with Crippen molar-refractivity contribution in [1.29, 1.82) is 0 Å². The number of nitrogens with zero attached hydrogens (tertiary/aromatic N) is 4. The van der Waals surface area contributed by atoms with Gasteiger partial charge in [-0.2, -0.15) is 10.2 Å². The van der Waals surface area contributed by atoms with Crippen LogP contribution < -0.4 is 59.1 Å². The SMILES string of the molecule is Cc1ccc(S(=O)(=O)[O-])cc1N=Nc1cc(C)c(N=Nc2c(O)ccc3ccccc23)cc1S(=O)(=O)[O-].[Na+].[Na+]. The first-order valence-corrected chi connectivity index (χ1v) is 13.4. The summed E-state index contributed by atoms with van der Waals surface area (Å²) in [5, 5.41) is 27.5. The number of phenols is 1. The number of rotatable bonds is 6. The van der Waals surface area contributed by atoms with Gasteiger partial charge in [-0.1, -0.05) is 36.4 Å². The zero-order valence-electron chi connectivity index (χ0n) is 21.4. The number of benzene rings is 4. The normalized spacial score (nSPS) is 12.0. The number of aromatic hydroxyl groups is 1. The van der Waals surface area contributed by atoms with Crippen molar-refractivity contribution in [2.75, 3.05) is 0 Å². The van der Waals surface area contributed by atoms with E-state index in [1.54, 1.807) is 32.0 Å².